The lowest BCUT2D eigenvalue weighted by atomic mass is 10.2. The van der Waals surface area contributed by atoms with Gasteiger partial charge in [0.1, 0.15) is 35.5 Å². The first-order valence-electron chi connectivity index (χ1n) is 6.06. The van der Waals surface area contributed by atoms with E-state index in [-0.39, 0.29) is 5.82 Å². The van der Waals surface area contributed by atoms with Crippen LogP contribution < -0.4 is 15.2 Å². The third kappa shape index (κ3) is 4.20. The van der Waals surface area contributed by atoms with Crippen LogP contribution in [0, 0.1) is 5.82 Å². The number of thiocarbonyl (C=S) groups is 1. The van der Waals surface area contributed by atoms with E-state index in [1.54, 1.807) is 18.2 Å². The number of hydrogen-bond donors (Lipinski definition) is 1. The molecule has 2 N–H and O–H groups in total. The van der Waals surface area contributed by atoms with E-state index in [1.165, 1.54) is 12.1 Å². The second-order valence-corrected chi connectivity index (χ2v) is 4.49. The molecule has 2 aromatic carbocycles. The molecular formula is C15H14FNO2S. The summed E-state index contributed by atoms with van der Waals surface area (Å²) >= 11 is 4.90. The first kappa shape index (κ1) is 14.3. The quantitative estimate of drug-likeness (QED) is 0.656. The van der Waals surface area contributed by atoms with Crippen LogP contribution in [0.1, 0.15) is 5.56 Å². The second-order valence-electron chi connectivity index (χ2n) is 4.05. The summed E-state index contributed by atoms with van der Waals surface area (Å²) < 4.78 is 23.8. The van der Waals surface area contributed by atoms with Gasteiger partial charge in [-0.25, -0.2) is 4.39 Å². The molecule has 104 valence electrons. The Morgan fingerprint density at radius 2 is 1.60 bits per heavy atom. The molecule has 0 heterocycles. The summed E-state index contributed by atoms with van der Waals surface area (Å²) in [7, 11) is 0. The minimum Gasteiger partial charge on any atom is -0.490 e. The summed E-state index contributed by atoms with van der Waals surface area (Å²) in [6.45, 7) is 0.665. The minimum absolute atomic E-state index is 0.320. The molecule has 0 atom stereocenters. The van der Waals surface area contributed by atoms with Crippen molar-refractivity contribution in [2.45, 2.75) is 0 Å². The third-order valence-electron chi connectivity index (χ3n) is 2.54. The lowest BCUT2D eigenvalue weighted by molar-refractivity contribution is 0.216. The molecular weight excluding hydrogens is 277 g/mol. The van der Waals surface area contributed by atoms with E-state index in [1.807, 2.05) is 18.2 Å². The van der Waals surface area contributed by atoms with Gasteiger partial charge in [0.15, 0.2) is 0 Å². The van der Waals surface area contributed by atoms with Crippen molar-refractivity contribution in [1.82, 2.24) is 0 Å². The van der Waals surface area contributed by atoms with Crippen LogP contribution in [0.25, 0.3) is 0 Å². The van der Waals surface area contributed by atoms with Crippen LogP contribution in [0.2, 0.25) is 0 Å². The van der Waals surface area contributed by atoms with Crippen molar-refractivity contribution in [3.05, 3.63) is 59.9 Å². The average molecular weight is 291 g/mol. The van der Waals surface area contributed by atoms with Gasteiger partial charge in [0.2, 0.25) is 0 Å². The lowest BCUT2D eigenvalue weighted by Gasteiger charge is -2.09. The predicted molar refractivity (Wildman–Crippen MR) is 79.7 cm³/mol. The van der Waals surface area contributed by atoms with E-state index in [0.717, 1.165) is 5.56 Å². The number of rotatable bonds is 6. The fraction of sp³-hybridized carbons (Fsp3) is 0.133. The van der Waals surface area contributed by atoms with Crippen molar-refractivity contribution < 1.29 is 13.9 Å². The zero-order chi connectivity index (χ0) is 14.4. The number of ether oxygens (including phenoxy) is 2. The summed E-state index contributed by atoms with van der Waals surface area (Å²) in [6.07, 6.45) is 0. The van der Waals surface area contributed by atoms with Crippen molar-refractivity contribution in [2.24, 2.45) is 5.73 Å². The Bertz CT molecular complexity index is 604. The van der Waals surface area contributed by atoms with Gasteiger partial charge in [0.05, 0.1) is 0 Å². The molecule has 0 aliphatic rings. The molecule has 5 heteroatoms. The van der Waals surface area contributed by atoms with Gasteiger partial charge in [-0.1, -0.05) is 30.4 Å². The first-order valence-corrected chi connectivity index (χ1v) is 6.47. The molecule has 0 saturated carbocycles. The van der Waals surface area contributed by atoms with Gasteiger partial charge in [0.25, 0.3) is 0 Å². The third-order valence-corrected chi connectivity index (χ3v) is 2.77. The summed E-state index contributed by atoms with van der Waals surface area (Å²) in [5.41, 5.74) is 6.30. The molecule has 0 amide bonds. The zero-order valence-corrected chi connectivity index (χ0v) is 11.5. The van der Waals surface area contributed by atoms with Gasteiger partial charge in [-0.2, -0.15) is 0 Å². The molecule has 0 unspecified atom stereocenters. The van der Waals surface area contributed by atoms with Gasteiger partial charge in [-0.3, -0.25) is 0 Å². The van der Waals surface area contributed by atoms with Crippen LogP contribution >= 0.6 is 12.2 Å². The Balaban J connectivity index is 1.81. The maximum Gasteiger partial charge on any atom is 0.126 e. The summed E-state index contributed by atoms with van der Waals surface area (Å²) in [6, 6.07) is 13.2. The maximum absolute atomic E-state index is 12.9. The van der Waals surface area contributed by atoms with E-state index in [2.05, 4.69) is 0 Å². The Labute approximate surface area is 122 Å². The smallest absolute Gasteiger partial charge is 0.126 e. The highest BCUT2D eigenvalue weighted by molar-refractivity contribution is 7.80. The molecule has 0 aliphatic carbocycles. The van der Waals surface area contributed by atoms with E-state index in [0.29, 0.717) is 29.7 Å². The van der Waals surface area contributed by atoms with Crippen LogP contribution in [0.3, 0.4) is 0 Å². The van der Waals surface area contributed by atoms with E-state index >= 15 is 0 Å². The van der Waals surface area contributed by atoms with Crippen molar-refractivity contribution in [3.63, 3.8) is 0 Å². The minimum atomic E-state index is -0.326. The van der Waals surface area contributed by atoms with Crippen LogP contribution in [0.15, 0.2) is 48.5 Å². The van der Waals surface area contributed by atoms with Crippen molar-refractivity contribution in [1.29, 1.82) is 0 Å². The van der Waals surface area contributed by atoms with Gasteiger partial charge in [-0.15, -0.1) is 0 Å². The number of hydrogen-bond acceptors (Lipinski definition) is 3. The molecule has 0 aliphatic heterocycles. The molecule has 0 fully saturated rings. The van der Waals surface area contributed by atoms with Crippen LogP contribution in [-0.4, -0.2) is 18.2 Å². The summed E-state index contributed by atoms with van der Waals surface area (Å²) in [5.74, 6) is 0.816. The monoisotopic (exact) mass is 291 g/mol. The van der Waals surface area contributed by atoms with E-state index in [4.69, 9.17) is 27.4 Å². The highest BCUT2D eigenvalue weighted by Crippen LogP contribution is 2.14. The Kier molecular flexibility index (Phi) is 4.90. The summed E-state index contributed by atoms with van der Waals surface area (Å²) in [4.78, 5) is 0.325. The molecule has 2 rings (SSSR count). The molecule has 0 radical (unpaired) electrons. The van der Waals surface area contributed by atoms with E-state index in [9.17, 15) is 4.39 Å². The van der Waals surface area contributed by atoms with Crippen molar-refractivity contribution in [3.8, 4) is 11.5 Å². The molecule has 3 nitrogen and oxygen atoms in total. The number of benzene rings is 2. The normalized spacial score (nSPS) is 10.1. The van der Waals surface area contributed by atoms with Crippen molar-refractivity contribution >= 4 is 17.2 Å². The number of nitrogens with two attached hydrogens (primary N) is 1. The highest BCUT2D eigenvalue weighted by Gasteiger charge is 2.00. The second kappa shape index (κ2) is 6.86. The van der Waals surface area contributed by atoms with Crippen LogP contribution in [0.5, 0.6) is 11.5 Å². The first-order chi connectivity index (χ1) is 9.65. The molecule has 20 heavy (non-hydrogen) atoms. The highest BCUT2D eigenvalue weighted by atomic mass is 32.1. The SMILES string of the molecule is NC(=S)c1cccc(OCCOc2cccc(F)c2)c1. The zero-order valence-electron chi connectivity index (χ0n) is 10.7. The van der Waals surface area contributed by atoms with E-state index < -0.39 is 0 Å². The van der Waals surface area contributed by atoms with Gasteiger partial charge in [-0.05, 0) is 24.3 Å². The number of halogens is 1. The Morgan fingerprint density at radius 1 is 1.00 bits per heavy atom. The molecule has 0 aromatic heterocycles. The fourth-order valence-corrected chi connectivity index (χ4v) is 1.74. The predicted octanol–water partition coefficient (Wildman–Crippen LogP) is 2.92. The lowest BCUT2D eigenvalue weighted by Crippen LogP contribution is -2.11. The standard InChI is InChI=1S/C15H14FNO2S/c16-12-4-2-6-14(10-12)19-8-7-18-13-5-1-3-11(9-13)15(17)20/h1-6,9-10H,7-8H2,(H2,17,20). The molecule has 0 bridgehead atoms. The topological polar surface area (TPSA) is 44.5 Å². The largest absolute Gasteiger partial charge is 0.490 e. The van der Waals surface area contributed by atoms with Gasteiger partial charge >= 0.3 is 0 Å². The summed E-state index contributed by atoms with van der Waals surface area (Å²) in [5, 5.41) is 0. The molecule has 0 spiro atoms. The fourth-order valence-electron chi connectivity index (χ4n) is 1.61. The molecule has 2 aromatic rings. The van der Waals surface area contributed by atoms with Crippen LogP contribution in [-0.2, 0) is 0 Å². The average Bonchev–Trinajstić information content (AvgIpc) is 2.44. The van der Waals surface area contributed by atoms with Crippen LogP contribution in [0.4, 0.5) is 4.39 Å². The van der Waals surface area contributed by atoms with Gasteiger partial charge < -0.3 is 15.2 Å². The molecule has 0 saturated heterocycles. The Morgan fingerprint density at radius 3 is 2.20 bits per heavy atom. The maximum atomic E-state index is 12.9. The Hall–Kier alpha value is -2.14. The van der Waals surface area contributed by atoms with Crippen molar-refractivity contribution in [2.75, 3.05) is 13.2 Å². The van der Waals surface area contributed by atoms with Gasteiger partial charge in [0, 0.05) is 11.6 Å².